The topological polar surface area (TPSA) is 114 Å². The maximum Gasteiger partial charge on any atom is 0.241 e. The second kappa shape index (κ2) is 8.94. The zero-order valence-electron chi connectivity index (χ0n) is 16.7. The first kappa shape index (κ1) is 21.1. The van der Waals surface area contributed by atoms with E-state index < -0.39 is 22.0 Å². The molecule has 2 heterocycles. The summed E-state index contributed by atoms with van der Waals surface area (Å²) in [7, 11) is -4.04. The van der Waals surface area contributed by atoms with Crippen molar-refractivity contribution in [3.63, 3.8) is 0 Å². The molecule has 2 aromatic carbocycles. The van der Waals surface area contributed by atoms with Crippen molar-refractivity contribution >= 4 is 21.8 Å². The summed E-state index contributed by atoms with van der Waals surface area (Å²) < 4.78 is 39.7. The minimum atomic E-state index is -4.04. The summed E-state index contributed by atoms with van der Waals surface area (Å²) in [6.07, 6.45) is 0.154. The molecule has 9 nitrogen and oxygen atoms in total. The van der Waals surface area contributed by atoms with E-state index in [4.69, 9.17) is 9.47 Å². The standard InChI is InChI=1S/C21H23N3O6S/c25-20-14-24(9-8-22-20)21(26)17(12-15-4-2-1-3-5-15)23-31(27,28)16-6-7-18-19(13-16)30-11-10-29-18/h1-7,13,17,23H,8-12,14H2,(H,22,25)/t17-/m0/s1. The van der Waals surface area contributed by atoms with Crippen molar-refractivity contribution in [3.05, 3.63) is 54.1 Å². The van der Waals surface area contributed by atoms with E-state index in [1.54, 1.807) is 0 Å². The van der Waals surface area contributed by atoms with Crippen LogP contribution >= 0.6 is 0 Å². The number of sulfonamides is 1. The monoisotopic (exact) mass is 445 g/mol. The SMILES string of the molecule is O=C1CN(C(=O)[C@H](Cc2ccccc2)NS(=O)(=O)c2ccc3c(c2)OCCO3)CCN1. The van der Waals surface area contributed by atoms with Gasteiger partial charge in [0.05, 0.1) is 11.4 Å². The van der Waals surface area contributed by atoms with Gasteiger partial charge in [-0.15, -0.1) is 0 Å². The predicted molar refractivity (Wildman–Crippen MR) is 111 cm³/mol. The fourth-order valence-corrected chi connectivity index (χ4v) is 4.73. The molecule has 0 radical (unpaired) electrons. The molecule has 2 N–H and O–H groups in total. The third-order valence-corrected chi connectivity index (χ3v) is 6.52. The van der Waals surface area contributed by atoms with Crippen LogP contribution in [0.1, 0.15) is 5.56 Å². The molecule has 164 valence electrons. The second-order valence-corrected chi connectivity index (χ2v) is 8.99. The Morgan fingerprint density at radius 3 is 2.58 bits per heavy atom. The van der Waals surface area contributed by atoms with Crippen LogP contribution in [0.15, 0.2) is 53.4 Å². The third kappa shape index (κ3) is 4.97. The van der Waals surface area contributed by atoms with Crippen LogP contribution in [0.3, 0.4) is 0 Å². The van der Waals surface area contributed by atoms with Crippen molar-refractivity contribution < 1.29 is 27.5 Å². The Kier molecular flexibility index (Phi) is 6.10. The molecule has 0 aromatic heterocycles. The van der Waals surface area contributed by atoms with Crippen LogP contribution in [0.5, 0.6) is 11.5 Å². The summed E-state index contributed by atoms with van der Waals surface area (Å²) in [5.74, 6) is 0.0989. The van der Waals surface area contributed by atoms with Crippen molar-refractivity contribution in [3.8, 4) is 11.5 Å². The lowest BCUT2D eigenvalue weighted by Gasteiger charge is -2.30. The van der Waals surface area contributed by atoms with Crippen LogP contribution in [0.2, 0.25) is 0 Å². The Hall–Kier alpha value is -3.11. The Balaban J connectivity index is 1.59. The fraction of sp³-hybridized carbons (Fsp3) is 0.333. The highest BCUT2D eigenvalue weighted by Gasteiger charge is 2.32. The van der Waals surface area contributed by atoms with Gasteiger partial charge < -0.3 is 19.7 Å². The molecule has 31 heavy (non-hydrogen) atoms. The quantitative estimate of drug-likeness (QED) is 0.661. The van der Waals surface area contributed by atoms with Crippen molar-refractivity contribution in [2.75, 3.05) is 32.8 Å². The maximum atomic E-state index is 13.2. The number of carbonyl (C=O) groups excluding carboxylic acids is 2. The molecule has 0 aliphatic carbocycles. The first-order chi connectivity index (χ1) is 14.9. The van der Waals surface area contributed by atoms with Crippen LogP contribution in [-0.2, 0) is 26.0 Å². The van der Waals surface area contributed by atoms with Crippen LogP contribution < -0.4 is 19.5 Å². The Morgan fingerprint density at radius 2 is 1.84 bits per heavy atom. The molecule has 10 heteroatoms. The number of hydrogen-bond donors (Lipinski definition) is 2. The number of carbonyl (C=O) groups is 2. The molecule has 4 rings (SSSR count). The number of piperazine rings is 1. The smallest absolute Gasteiger partial charge is 0.241 e. The van der Waals surface area contributed by atoms with Gasteiger partial charge >= 0.3 is 0 Å². The van der Waals surface area contributed by atoms with Gasteiger partial charge in [0.25, 0.3) is 0 Å². The number of fused-ring (bicyclic) bond motifs is 1. The van der Waals surface area contributed by atoms with Gasteiger partial charge in [0.1, 0.15) is 19.3 Å². The molecule has 2 aliphatic heterocycles. The molecule has 0 bridgehead atoms. The summed E-state index contributed by atoms with van der Waals surface area (Å²) in [6.45, 7) is 1.28. The van der Waals surface area contributed by atoms with Gasteiger partial charge in [0, 0.05) is 19.2 Å². The highest BCUT2D eigenvalue weighted by Crippen LogP contribution is 2.32. The molecule has 1 fully saturated rings. The van der Waals surface area contributed by atoms with E-state index in [0.29, 0.717) is 37.8 Å². The van der Waals surface area contributed by atoms with E-state index in [1.807, 2.05) is 30.3 Å². The number of nitrogens with one attached hydrogen (secondary N) is 2. The van der Waals surface area contributed by atoms with Gasteiger partial charge in [-0.25, -0.2) is 8.42 Å². The first-order valence-corrected chi connectivity index (χ1v) is 11.4. The van der Waals surface area contributed by atoms with Gasteiger partial charge in [0.2, 0.25) is 21.8 Å². The molecule has 2 amide bonds. The molecule has 0 spiro atoms. The summed E-state index contributed by atoms with van der Waals surface area (Å²) in [6, 6.07) is 12.4. The molecule has 2 aliphatic rings. The summed E-state index contributed by atoms with van der Waals surface area (Å²) in [5, 5.41) is 2.66. The molecule has 0 unspecified atom stereocenters. The van der Waals surface area contributed by atoms with E-state index in [0.717, 1.165) is 5.56 Å². The van der Waals surface area contributed by atoms with Crippen molar-refractivity contribution in [2.24, 2.45) is 0 Å². The van der Waals surface area contributed by atoms with E-state index >= 15 is 0 Å². The molecular formula is C21H23N3O6S. The number of benzene rings is 2. The molecule has 0 saturated carbocycles. The molecule has 1 atom stereocenters. The average molecular weight is 445 g/mol. The highest BCUT2D eigenvalue weighted by atomic mass is 32.2. The van der Waals surface area contributed by atoms with Gasteiger partial charge in [-0.3, -0.25) is 9.59 Å². The molecular weight excluding hydrogens is 422 g/mol. The lowest BCUT2D eigenvalue weighted by atomic mass is 10.1. The fourth-order valence-electron chi connectivity index (χ4n) is 3.52. The minimum Gasteiger partial charge on any atom is -0.486 e. The Bertz CT molecular complexity index is 1070. The van der Waals surface area contributed by atoms with E-state index in [1.165, 1.54) is 23.1 Å². The predicted octanol–water partition coefficient (Wildman–Crippen LogP) is 0.306. The van der Waals surface area contributed by atoms with Crippen molar-refractivity contribution in [2.45, 2.75) is 17.4 Å². The third-order valence-electron chi connectivity index (χ3n) is 5.05. The Morgan fingerprint density at radius 1 is 1.10 bits per heavy atom. The van der Waals surface area contributed by atoms with Gasteiger partial charge in [-0.1, -0.05) is 30.3 Å². The largest absolute Gasteiger partial charge is 0.486 e. The van der Waals surface area contributed by atoms with E-state index in [2.05, 4.69) is 10.0 Å². The molecule has 2 aromatic rings. The number of hydrogen-bond acceptors (Lipinski definition) is 6. The minimum absolute atomic E-state index is 0.0287. The van der Waals surface area contributed by atoms with Gasteiger partial charge in [-0.2, -0.15) is 4.72 Å². The first-order valence-electron chi connectivity index (χ1n) is 9.94. The summed E-state index contributed by atoms with van der Waals surface area (Å²) >= 11 is 0. The lowest BCUT2D eigenvalue weighted by molar-refractivity contribution is -0.139. The number of nitrogens with zero attached hydrogens (tertiary/aromatic N) is 1. The van der Waals surface area contributed by atoms with Gasteiger partial charge in [-0.05, 0) is 24.1 Å². The van der Waals surface area contributed by atoms with Crippen LogP contribution in [0.4, 0.5) is 0 Å². The number of amides is 2. The maximum absolute atomic E-state index is 13.2. The van der Waals surface area contributed by atoms with E-state index in [-0.39, 0.29) is 23.8 Å². The zero-order chi connectivity index (χ0) is 21.8. The van der Waals surface area contributed by atoms with Crippen molar-refractivity contribution in [1.29, 1.82) is 0 Å². The van der Waals surface area contributed by atoms with Crippen LogP contribution in [0, 0.1) is 0 Å². The molecule has 1 saturated heterocycles. The summed E-state index contributed by atoms with van der Waals surface area (Å²) in [4.78, 5) is 26.2. The average Bonchev–Trinajstić information content (AvgIpc) is 2.78. The zero-order valence-corrected chi connectivity index (χ0v) is 17.6. The summed E-state index contributed by atoms with van der Waals surface area (Å²) in [5.41, 5.74) is 0.798. The van der Waals surface area contributed by atoms with Crippen molar-refractivity contribution in [1.82, 2.24) is 14.9 Å². The number of ether oxygens (including phenoxy) is 2. The van der Waals surface area contributed by atoms with E-state index in [9.17, 15) is 18.0 Å². The second-order valence-electron chi connectivity index (χ2n) is 7.28. The van der Waals surface area contributed by atoms with Crippen LogP contribution in [0.25, 0.3) is 0 Å². The van der Waals surface area contributed by atoms with Crippen LogP contribution in [-0.4, -0.2) is 64.0 Å². The lowest BCUT2D eigenvalue weighted by Crippen LogP contribution is -2.56. The normalized spacial score (nSPS) is 17.0. The van der Waals surface area contributed by atoms with Gasteiger partial charge in [0.15, 0.2) is 11.5 Å². The number of rotatable bonds is 6. The Labute approximate surface area is 180 Å². The highest BCUT2D eigenvalue weighted by molar-refractivity contribution is 7.89.